The fraction of sp³-hybridized carbons (Fsp3) is 0.375. The highest BCUT2D eigenvalue weighted by molar-refractivity contribution is 7.98. The Morgan fingerprint density at radius 3 is 2.93 bits per heavy atom. The molecule has 1 aromatic rings. The fourth-order valence-electron chi connectivity index (χ4n) is 1.02. The van der Waals surface area contributed by atoms with Gasteiger partial charge in [-0.25, -0.2) is 4.98 Å². The third kappa shape index (κ3) is 2.35. The minimum Gasteiger partial charge on any atom is -0.380 e. The highest BCUT2D eigenvalue weighted by Crippen LogP contribution is 2.26. The molecule has 0 aliphatic carbocycles. The second kappa shape index (κ2) is 4.80. The predicted molar refractivity (Wildman–Crippen MR) is 56.8 cm³/mol. The van der Waals surface area contributed by atoms with Gasteiger partial charge in [-0.2, -0.15) is 0 Å². The van der Waals surface area contributed by atoms with Gasteiger partial charge in [-0.05, 0) is 13.2 Å². The van der Waals surface area contributed by atoms with E-state index >= 15 is 0 Å². The standard InChI is InChI=1S/C8H11N3O2S/c1-3-9-6-4-8(14-2)10-5-7(6)11(12)13/h4-5H,3H2,1-2H3,(H,9,10). The van der Waals surface area contributed by atoms with Gasteiger partial charge in [0.1, 0.15) is 11.9 Å². The molecule has 0 spiro atoms. The first kappa shape index (κ1) is 10.8. The number of nitrogens with one attached hydrogen (secondary N) is 1. The van der Waals surface area contributed by atoms with Crippen molar-refractivity contribution in [3.05, 3.63) is 22.4 Å². The zero-order chi connectivity index (χ0) is 10.6. The highest BCUT2D eigenvalue weighted by atomic mass is 32.2. The van der Waals surface area contributed by atoms with Crippen LogP contribution in [0.2, 0.25) is 0 Å². The van der Waals surface area contributed by atoms with Gasteiger partial charge in [0, 0.05) is 12.6 Å². The molecule has 5 nitrogen and oxygen atoms in total. The molecule has 76 valence electrons. The SMILES string of the molecule is CCNc1cc(SC)ncc1[N+](=O)[O-]. The molecular formula is C8H11N3O2S. The van der Waals surface area contributed by atoms with Gasteiger partial charge in [-0.3, -0.25) is 10.1 Å². The molecule has 0 aliphatic rings. The lowest BCUT2D eigenvalue weighted by Crippen LogP contribution is -2.02. The maximum absolute atomic E-state index is 10.6. The van der Waals surface area contributed by atoms with E-state index in [-0.39, 0.29) is 5.69 Å². The largest absolute Gasteiger partial charge is 0.380 e. The molecule has 0 bridgehead atoms. The van der Waals surface area contributed by atoms with Crippen molar-refractivity contribution < 1.29 is 4.92 Å². The molecule has 1 rings (SSSR count). The van der Waals surface area contributed by atoms with Crippen LogP contribution in [0.1, 0.15) is 6.92 Å². The summed E-state index contributed by atoms with van der Waals surface area (Å²) in [7, 11) is 0. The van der Waals surface area contributed by atoms with Crippen molar-refractivity contribution in [2.45, 2.75) is 11.9 Å². The summed E-state index contributed by atoms with van der Waals surface area (Å²) in [5.41, 5.74) is 0.543. The molecule has 0 saturated carbocycles. The summed E-state index contributed by atoms with van der Waals surface area (Å²) in [6, 6.07) is 1.69. The van der Waals surface area contributed by atoms with Gasteiger partial charge in [-0.1, -0.05) is 0 Å². The van der Waals surface area contributed by atoms with Crippen LogP contribution in [0.3, 0.4) is 0 Å². The van der Waals surface area contributed by atoms with Gasteiger partial charge >= 0.3 is 5.69 Å². The Balaban J connectivity index is 3.10. The molecule has 0 fully saturated rings. The molecule has 14 heavy (non-hydrogen) atoms. The van der Waals surface area contributed by atoms with Gasteiger partial charge < -0.3 is 5.32 Å². The first-order valence-electron chi connectivity index (χ1n) is 4.11. The van der Waals surface area contributed by atoms with Crippen molar-refractivity contribution in [2.24, 2.45) is 0 Å². The summed E-state index contributed by atoms with van der Waals surface area (Å²) in [5, 5.41) is 14.3. The van der Waals surface area contributed by atoms with Gasteiger partial charge in [0.15, 0.2) is 0 Å². The molecule has 0 radical (unpaired) electrons. The summed E-state index contributed by atoms with van der Waals surface area (Å²) in [6.07, 6.45) is 3.16. The molecule has 1 N–H and O–H groups in total. The molecule has 0 atom stereocenters. The van der Waals surface area contributed by atoms with Crippen LogP contribution in [0.4, 0.5) is 11.4 Å². The molecule has 0 unspecified atom stereocenters. The van der Waals surface area contributed by atoms with Crippen molar-refractivity contribution in [2.75, 3.05) is 18.1 Å². The lowest BCUT2D eigenvalue weighted by molar-refractivity contribution is -0.384. The Morgan fingerprint density at radius 1 is 1.71 bits per heavy atom. The minimum absolute atomic E-state index is 0.0182. The van der Waals surface area contributed by atoms with E-state index < -0.39 is 4.92 Å². The quantitative estimate of drug-likeness (QED) is 0.471. The Labute approximate surface area is 86.1 Å². The number of rotatable bonds is 4. The van der Waals surface area contributed by atoms with Crippen molar-refractivity contribution in [1.29, 1.82) is 0 Å². The van der Waals surface area contributed by atoms with E-state index in [1.165, 1.54) is 18.0 Å². The van der Waals surface area contributed by atoms with Crippen molar-refractivity contribution in [1.82, 2.24) is 4.98 Å². The molecule has 0 saturated heterocycles. The molecule has 1 aromatic heterocycles. The van der Waals surface area contributed by atoms with Gasteiger partial charge in [0.2, 0.25) is 0 Å². The average Bonchev–Trinajstić information content (AvgIpc) is 2.17. The van der Waals surface area contributed by atoms with E-state index in [2.05, 4.69) is 10.3 Å². The van der Waals surface area contributed by atoms with Gasteiger partial charge in [0.25, 0.3) is 0 Å². The van der Waals surface area contributed by atoms with E-state index in [1.54, 1.807) is 6.07 Å². The molecule has 1 heterocycles. The number of nitro groups is 1. The van der Waals surface area contributed by atoms with E-state index in [4.69, 9.17) is 0 Å². The lowest BCUT2D eigenvalue weighted by Gasteiger charge is -2.04. The zero-order valence-electron chi connectivity index (χ0n) is 7.98. The van der Waals surface area contributed by atoms with Crippen LogP contribution in [0.25, 0.3) is 0 Å². The minimum atomic E-state index is -0.435. The zero-order valence-corrected chi connectivity index (χ0v) is 8.80. The number of pyridine rings is 1. The smallest absolute Gasteiger partial charge is 0.310 e. The average molecular weight is 213 g/mol. The van der Waals surface area contributed by atoms with E-state index in [1.807, 2.05) is 13.2 Å². The Bertz CT molecular complexity index is 343. The monoisotopic (exact) mass is 213 g/mol. The van der Waals surface area contributed by atoms with Crippen LogP contribution in [-0.4, -0.2) is 22.7 Å². The second-order valence-electron chi connectivity index (χ2n) is 2.53. The van der Waals surface area contributed by atoms with E-state index in [0.29, 0.717) is 12.2 Å². The summed E-state index contributed by atoms with van der Waals surface area (Å²) in [5.74, 6) is 0. The summed E-state index contributed by atoms with van der Waals surface area (Å²) < 4.78 is 0. The highest BCUT2D eigenvalue weighted by Gasteiger charge is 2.13. The van der Waals surface area contributed by atoms with Crippen LogP contribution in [0.15, 0.2) is 17.3 Å². The number of anilines is 1. The van der Waals surface area contributed by atoms with Gasteiger partial charge in [0.05, 0.1) is 9.95 Å². The van der Waals surface area contributed by atoms with Crippen LogP contribution < -0.4 is 5.32 Å². The third-order valence-electron chi connectivity index (χ3n) is 1.63. The van der Waals surface area contributed by atoms with E-state index in [9.17, 15) is 10.1 Å². The first-order chi connectivity index (χ1) is 6.69. The maximum atomic E-state index is 10.6. The van der Waals surface area contributed by atoms with Crippen molar-refractivity contribution >= 4 is 23.1 Å². The number of aromatic nitrogens is 1. The normalized spacial score (nSPS) is 9.86. The maximum Gasteiger partial charge on any atom is 0.310 e. The lowest BCUT2D eigenvalue weighted by atomic mass is 10.3. The number of nitrogens with zero attached hydrogens (tertiary/aromatic N) is 2. The summed E-state index contributed by atoms with van der Waals surface area (Å²) in [4.78, 5) is 14.1. The summed E-state index contributed by atoms with van der Waals surface area (Å²) >= 11 is 1.46. The van der Waals surface area contributed by atoms with Crippen molar-refractivity contribution in [3.8, 4) is 0 Å². The predicted octanol–water partition coefficient (Wildman–Crippen LogP) is 2.14. The van der Waals surface area contributed by atoms with E-state index in [0.717, 1.165) is 5.03 Å². The molecule has 0 aromatic carbocycles. The Morgan fingerprint density at radius 2 is 2.43 bits per heavy atom. The third-order valence-corrected chi connectivity index (χ3v) is 2.27. The summed E-state index contributed by atoms with van der Waals surface area (Å²) in [6.45, 7) is 2.54. The molecule has 0 amide bonds. The number of hydrogen-bond donors (Lipinski definition) is 1. The van der Waals surface area contributed by atoms with Crippen LogP contribution in [0.5, 0.6) is 0 Å². The number of hydrogen-bond acceptors (Lipinski definition) is 5. The molecule has 6 heteroatoms. The topological polar surface area (TPSA) is 68.1 Å². The fourth-order valence-corrected chi connectivity index (χ4v) is 1.41. The molecule has 0 aliphatic heterocycles. The number of thioether (sulfide) groups is 1. The second-order valence-corrected chi connectivity index (χ2v) is 3.36. The van der Waals surface area contributed by atoms with Gasteiger partial charge in [-0.15, -0.1) is 11.8 Å². The first-order valence-corrected chi connectivity index (χ1v) is 5.33. The van der Waals surface area contributed by atoms with Crippen molar-refractivity contribution in [3.63, 3.8) is 0 Å². The molecular weight excluding hydrogens is 202 g/mol. The van der Waals surface area contributed by atoms with Crippen LogP contribution in [-0.2, 0) is 0 Å². The Kier molecular flexibility index (Phi) is 3.70. The van der Waals surface area contributed by atoms with Crippen LogP contribution in [0, 0.1) is 10.1 Å². The Hall–Kier alpha value is -1.30. The van der Waals surface area contributed by atoms with Crippen LogP contribution >= 0.6 is 11.8 Å².